The van der Waals surface area contributed by atoms with Crippen molar-refractivity contribution in [2.24, 2.45) is 5.73 Å². The number of urea groups is 1. The molecule has 1 aliphatic rings. The number of aromatic carboxylic acids is 1. The fourth-order valence-corrected chi connectivity index (χ4v) is 2.63. The van der Waals surface area contributed by atoms with Crippen molar-refractivity contribution in [3.8, 4) is 0 Å². The fourth-order valence-electron chi connectivity index (χ4n) is 1.63. The van der Waals surface area contributed by atoms with Gasteiger partial charge in [-0.15, -0.1) is 11.3 Å². The summed E-state index contributed by atoms with van der Waals surface area (Å²) < 4.78 is 0. The van der Waals surface area contributed by atoms with Crippen LogP contribution in [0.15, 0.2) is 6.07 Å². The number of carbonyl (C=O) groups excluding carboxylic acids is 1. The number of carboxylic acids is 1. The van der Waals surface area contributed by atoms with Crippen LogP contribution in [-0.4, -0.2) is 28.6 Å². The van der Waals surface area contributed by atoms with Crippen molar-refractivity contribution in [3.63, 3.8) is 0 Å². The van der Waals surface area contributed by atoms with Gasteiger partial charge in [-0.05, 0) is 18.1 Å². The van der Waals surface area contributed by atoms with Crippen molar-refractivity contribution < 1.29 is 14.7 Å². The van der Waals surface area contributed by atoms with Gasteiger partial charge in [-0.25, -0.2) is 9.59 Å². The van der Waals surface area contributed by atoms with Crippen LogP contribution in [0.2, 0.25) is 0 Å². The van der Waals surface area contributed by atoms with Crippen LogP contribution in [0.4, 0.5) is 4.79 Å². The van der Waals surface area contributed by atoms with Gasteiger partial charge in [0.05, 0.1) is 0 Å². The second-order valence-corrected chi connectivity index (χ2v) is 4.51. The number of hydrogen-bond donors (Lipinski definition) is 2. The van der Waals surface area contributed by atoms with Crippen molar-refractivity contribution in [3.05, 3.63) is 21.4 Å². The molecule has 2 rings (SSSR count). The molecular formula is C9H10N2O3S. The Hall–Kier alpha value is -1.56. The first-order valence-electron chi connectivity index (χ1n) is 4.47. The summed E-state index contributed by atoms with van der Waals surface area (Å²) in [6, 6.07) is 1.17. The zero-order valence-electron chi connectivity index (χ0n) is 7.90. The smallest absolute Gasteiger partial charge is 0.345 e. The van der Waals surface area contributed by atoms with Gasteiger partial charge in [0.25, 0.3) is 0 Å². The molecule has 1 aromatic heterocycles. The van der Waals surface area contributed by atoms with E-state index in [0.29, 0.717) is 24.4 Å². The Morgan fingerprint density at radius 1 is 1.53 bits per heavy atom. The van der Waals surface area contributed by atoms with E-state index in [0.717, 1.165) is 10.4 Å². The van der Waals surface area contributed by atoms with E-state index in [4.69, 9.17) is 10.8 Å². The van der Waals surface area contributed by atoms with E-state index in [1.807, 2.05) is 0 Å². The average molecular weight is 226 g/mol. The van der Waals surface area contributed by atoms with E-state index in [2.05, 4.69) is 0 Å². The van der Waals surface area contributed by atoms with Gasteiger partial charge in [-0.1, -0.05) is 0 Å². The van der Waals surface area contributed by atoms with Crippen molar-refractivity contribution in [1.29, 1.82) is 0 Å². The minimum Gasteiger partial charge on any atom is -0.477 e. The minimum atomic E-state index is -0.917. The topological polar surface area (TPSA) is 83.6 Å². The predicted octanol–water partition coefficient (Wildman–Crippen LogP) is 0.883. The van der Waals surface area contributed by atoms with Gasteiger partial charge in [0.1, 0.15) is 4.88 Å². The molecule has 0 spiro atoms. The summed E-state index contributed by atoms with van der Waals surface area (Å²) in [5.74, 6) is -0.917. The molecule has 2 amide bonds. The molecule has 0 fully saturated rings. The van der Waals surface area contributed by atoms with Gasteiger partial charge in [0.2, 0.25) is 0 Å². The van der Waals surface area contributed by atoms with E-state index < -0.39 is 12.0 Å². The second-order valence-electron chi connectivity index (χ2n) is 3.37. The second kappa shape index (κ2) is 3.54. The minimum absolute atomic E-state index is 0.325. The lowest BCUT2D eigenvalue weighted by molar-refractivity contribution is 0.0702. The molecule has 0 bridgehead atoms. The molecule has 0 unspecified atom stereocenters. The number of carboxylic acid groups (broad SMARTS) is 1. The van der Waals surface area contributed by atoms with Crippen LogP contribution >= 0.6 is 11.3 Å². The van der Waals surface area contributed by atoms with Gasteiger partial charge in [-0.2, -0.15) is 0 Å². The Labute approximate surface area is 90.1 Å². The Morgan fingerprint density at radius 3 is 2.87 bits per heavy atom. The van der Waals surface area contributed by atoms with Crippen LogP contribution in [0.5, 0.6) is 0 Å². The van der Waals surface area contributed by atoms with Gasteiger partial charge < -0.3 is 15.7 Å². The predicted molar refractivity (Wildman–Crippen MR) is 55.0 cm³/mol. The zero-order valence-corrected chi connectivity index (χ0v) is 8.71. The summed E-state index contributed by atoms with van der Waals surface area (Å²) >= 11 is 1.28. The number of thiophene rings is 1. The van der Waals surface area contributed by atoms with Crippen LogP contribution in [-0.2, 0) is 13.0 Å². The molecule has 0 radical (unpaired) electrons. The van der Waals surface area contributed by atoms with Crippen molar-refractivity contribution >= 4 is 23.3 Å². The molecule has 1 aliphatic heterocycles. The highest BCUT2D eigenvalue weighted by Gasteiger charge is 2.22. The summed E-state index contributed by atoms with van der Waals surface area (Å²) in [5.41, 5.74) is 6.07. The SMILES string of the molecule is NC(=O)N1CCc2sc(C(=O)O)cc2C1. The first-order chi connectivity index (χ1) is 7.08. The Kier molecular flexibility index (Phi) is 2.36. The number of carbonyl (C=O) groups is 2. The molecule has 0 atom stereocenters. The third-order valence-electron chi connectivity index (χ3n) is 2.39. The van der Waals surface area contributed by atoms with Gasteiger partial charge >= 0.3 is 12.0 Å². The summed E-state index contributed by atoms with van der Waals surface area (Å²) in [4.78, 5) is 24.6. The molecule has 80 valence electrons. The highest BCUT2D eigenvalue weighted by molar-refractivity contribution is 7.14. The maximum Gasteiger partial charge on any atom is 0.345 e. The number of nitrogens with zero attached hydrogens (tertiary/aromatic N) is 1. The van der Waals surface area contributed by atoms with Gasteiger partial charge in [-0.3, -0.25) is 0 Å². The van der Waals surface area contributed by atoms with Crippen molar-refractivity contribution in [2.75, 3.05) is 6.54 Å². The lowest BCUT2D eigenvalue weighted by Gasteiger charge is -2.24. The Balaban J connectivity index is 2.26. The molecule has 0 saturated heterocycles. The molecule has 3 N–H and O–H groups in total. The Bertz CT molecular complexity index is 427. The van der Waals surface area contributed by atoms with Crippen LogP contribution in [0, 0.1) is 0 Å². The maximum atomic E-state index is 10.9. The Morgan fingerprint density at radius 2 is 2.27 bits per heavy atom. The van der Waals surface area contributed by atoms with Crippen molar-refractivity contribution in [2.45, 2.75) is 13.0 Å². The fraction of sp³-hybridized carbons (Fsp3) is 0.333. The highest BCUT2D eigenvalue weighted by atomic mass is 32.1. The summed E-state index contributed by atoms with van der Waals surface area (Å²) in [5, 5.41) is 8.81. The molecule has 0 aliphatic carbocycles. The average Bonchev–Trinajstić information content (AvgIpc) is 2.59. The zero-order chi connectivity index (χ0) is 11.0. The quantitative estimate of drug-likeness (QED) is 0.745. The standard InChI is InChI=1S/C9H10N2O3S/c10-9(14)11-2-1-6-5(4-11)3-7(15-6)8(12)13/h3H,1-2,4H2,(H2,10,14)(H,12,13). The number of fused-ring (bicyclic) bond motifs is 1. The van der Waals surface area contributed by atoms with E-state index in [1.165, 1.54) is 16.2 Å². The monoisotopic (exact) mass is 226 g/mol. The maximum absolute atomic E-state index is 10.9. The number of amides is 2. The number of nitrogens with two attached hydrogens (primary N) is 1. The van der Waals surface area contributed by atoms with Crippen LogP contribution in [0.25, 0.3) is 0 Å². The normalized spacial score (nSPS) is 14.8. The van der Waals surface area contributed by atoms with Gasteiger partial charge in [0, 0.05) is 18.0 Å². The summed E-state index contributed by atoms with van der Waals surface area (Å²) in [6.07, 6.45) is 0.691. The third-order valence-corrected chi connectivity index (χ3v) is 3.61. The lowest BCUT2D eigenvalue weighted by Crippen LogP contribution is -2.38. The molecule has 2 heterocycles. The van der Waals surface area contributed by atoms with E-state index in [1.54, 1.807) is 6.07 Å². The molecule has 6 heteroatoms. The molecular weight excluding hydrogens is 216 g/mol. The number of primary amides is 1. The summed E-state index contributed by atoms with van der Waals surface area (Å²) in [7, 11) is 0. The molecule has 0 saturated carbocycles. The third kappa shape index (κ3) is 1.80. The van der Waals surface area contributed by atoms with Gasteiger partial charge in [0.15, 0.2) is 0 Å². The van der Waals surface area contributed by atoms with Crippen molar-refractivity contribution in [1.82, 2.24) is 4.90 Å². The van der Waals surface area contributed by atoms with Crippen LogP contribution < -0.4 is 5.73 Å². The summed E-state index contributed by atoms with van der Waals surface area (Å²) in [6.45, 7) is 0.996. The molecule has 15 heavy (non-hydrogen) atoms. The molecule has 1 aromatic rings. The first-order valence-corrected chi connectivity index (χ1v) is 5.29. The van der Waals surface area contributed by atoms with E-state index >= 15 is 0 Å². The molecule has 5 nitrogen and oxygen atoms in total. The highest BCUT2D eigenvalue weighted by Crippen LogP contribution is 2.27. The first kappa shape index (κ1) is 9.97. The van der Waals surface area contributed by atoms with Crippen LogP contribution in [0.3, 0.4) is 0 Å². The van der Waals surface area contributed by atoms with E-state index in [-0.39, 0.29) is 0 Å². The largest absolute Gasteiger partial charge is 0.477 e. The number of rotatable bonds is 1. The molecule has 0 aromatic carbocycles. The van der Waals surface area contributed by atoms with E-state index in [9.17, 15) is 9.59 Å². The lowest BCUT2D eigenvalue weighted by atomic mass is 10.1. The van der Waals surface area contributed by atoms with Crippen LogP contribution in [0.1, 0.15) is 20.1 Å². The number of hydrogen-bond acceptors (Lipinski definition) is 3.